The van der Waals surface area contributed by atoms with E-state index in [2.05, 4.69) is 37.4 Å². The first-order chi connectivity index (χ1) is 12.4. The van der Waals surface area contributed by atoms with Gasteiger partial charge in [0, 0.05) is 10.0 Å². The van der Waals surface area contributed by atoms with Crippen molar-refractivity contribution in [1.82, 2.24) is 0 Å². The highest BCUT2D eigenvalue weighted by Gasteiger charge is 2.09. The fourth-order valence-corrected chi connectivity index (χ4v) is 2.84. The SMILES string of the molecule is Cl.Cl.[C-]#[N+]c1ccc(Cl)cc1C(C)CC.[C-]#[N+]c1ccc(Cl)cc1C(C)CC. The third kappa shape index (κ3) is 8.30. The van der Waals surface area contributed by atoms with E-state index in [-0.39, 0.29) is 24.8 Å². The van der Waals surface area contributed by atoms with Crippen LogP contribution in [0.1, 0.15) is 63.5 Å². The zero-order chi connectivity index (χ0) is 19.7. The molecule has 0 aromatic heterocycles. The van der Waals surface area contributed by atoms with E-state index in [4.69, 9.17) is 36.3 Å². The molecule has 0 fully saturated rings. The smallest absolute Gasteiger partial charge is 0.190 e. The Kier molecular flexibility index (Phi) is 15.0. The van der Waals surface area contributed by atoms with E-state index >= 15 is 0 Å². The lowest BCUT2D eigenvalue weighted by Crippen LogP contribution is -1.90. The van der Waals surface area contributed by atoms with Crippen LogP contribution in [0.5, 0.6) is 0 Å². The molecule has 2 nitrogen and oxygen atoms in total. The van der Waals surface area contributed by atoms with Gasteiger partial charge in [0.2, 0.25) is 0 Å². The van der Waals surface area contributed by atoms with Crippen molar-refractivity contribution in [3.8, 4) is 0 Å². The quantitative estimate of drug-likeness (QED) is 0.402. The first kappa shape index (κ1) is 28.8. The minimum absolute atomic E-state index is 0. The van der Waals surface area contributed by atoms with Crippen LogP contribution >= 0.6 is 48.0 Å². The largest absolute Gasteiger partial charge is 0.238 e. The maximum Gasteiger partial charge on any atom is 0.190 e. The van der Waals surface area contributed by atoms with E-state index in [0.717, 1.165) is 35.3 Å². The Morgan fingerprint density at radius 1 is 0.750 bits per heavy atom. The van der Waals surface area contributed by atoms with Crippen molar-refractivity contribution in [2.75, 3.05) is 0 Å². The van der Waals surface area contributed by atoms with Crippen molar-refractivity contribution in [3.63, 3.8) is 0 Å². The average Bonchev–Trinajstić information content (AvgIpc) is 2.67. The summed E-state index contributed by atoms with van der Waals surface area (Å²) in [6, 6.07) is 10.9. The molecule has 0 aliphatic carbocycles. The van der Waals surface area contributed by atoms with Gasteiger partial charge in [-0.15, -0.1) is 24.8 Å². The third-order valence-electron chi connectivity index (χ3n) is 4.51. The third-order valence-corrected chi connectivity index (χ3v) is 4.98. The van der Waals surface area contributed by atoms with Gasteiger partial charge < -0.3 is 0 Å². The number of hydrogen-bond acceptors (Lipinski definition) is 0. The lowest BCUT2D eigenvalue weighted by atomic mass is 9.97. The summed E-state index contributed by atoms with van der Waals surface area (Å²) in [5, 5.41) is 1.42. The van der Waals surface area contributed by atoms with Crippen LogP contribution in [0.15, 0.2) is 36.4 Å². The molecule has 0 N–H and O–H groups in total. The first-order valence-electron chi connectivity index (χ1n) is 8.71. The molecule has 0 radical (unpaired) electrons. The molecule has 28 heavy (non-hydrogen) atoms. The molecule has 2 atom stereocenters. The van der Waals surface area contributed by atoms with E-state index in [1.807, 2.05) is 12.1 Å². The van der Waals surface area contributed by atoms with E-state index in [9.17, 15) is 0 Å². The Morgan fingerprint density at radius 3 is 1.32 bits per heavy atom. The molecule has 0 heterocycles. The maximum absolute atomic E-state index is 7.01. The van der Waals surface area contributed by atoms with Gasteiger partial charge in [-0.25, -0.2) is 9.69 Å². The molecule has 0 saturated heterocycles. The molecule has 0 aliphatic rings. The van der Waals surface area contributed by atoms with Gasteiger partial charge in [0.15, 0.2) is 11.4 Å². The fourth-order valence-electron chi connectivity index (χ4n) is 2.48. The van der Waals surface area contributed by atoms with Crippen LogP contribution < -0.4 is 0 Å². The Labute approximate surface area is 191 Å². The second-order valence-electron chi connectivity index (χ2n) is 6.25. The van der Waals surface area contributed by atoms with Gasteiger partial charge >= 0.3 is 0 Å². The standard InChI is InChI=1S/2C11H12ClN.2ClH/c2*1-4-8(2)10-7-9(12)5-6-11(10)13-3;;/h2*5-8H,4H2,1-2H3;2*1H. The van der Waals surface area contributed by atoms with Crippen LogP contribution in [-0.4, -0.2) is 0 Å². The molecule has 0 aliphatic heterocycles. The lowest BCUT2D eigenvalue weighted by molar-refractivity contribution is 0.736. The summed E-state index contributed by atoms with van der Waals surface area (Å²) in [6.45, 7) is 22.5. The van der Waals surface area contributed by atoms with Crippen LogP contribution in [0.4, 0.5) is 11.4 Å². The molecule has 2 rings (SSSR count). The summed E-state index contributed by atoms with van der Waals surface area (Å²) >= 11 is 11.7. The summed E-state index contributed by atoms with van der Waals surface area (Å²) in [5.41, 5.74) is 3.56. The van der Waals surface area contributed by atoms with Crippen molar-refractivity contribution in [2.45, 2.75) is 52.4 Å². The Hall–Kier alpha value is -1.42. The predicted molar refractivity (Wildman–Crippen MR) is 127 cm³/mol. The number of hydrogen-bond donors (Lipinski definition) is 0. The molecule has 2 unspecified atom stereocenters. The molecule has 2 aromatic rings. The molecule has 2 aromatic carbocycles. The number of nitrogens with zero attached hydrogens (tertiary/aromatic N) is 2. The van der Waals surface area contributed by atoms with Crippen LogP contribution in [0.25, 0.3) is 9.69 Å². The van der Waals surface area contributed by atoms with Gasteiger partial charge in [-0.1, -0.05) is 100 Å². The van der Waals surface area contributed by atoms with Gasteiger partial charge in [-0.2, -0.15) is 0 Å². The topological polar surface area (TPSA) is 8.72 Å². The van der Waals surface area contributed by atoms with E-state index < -0.39 is 0 Å². The molecular weight excluding hydrogens is 434 g/mol. The molecule has 152 valence electrons. The monoisotopic (exact) mass is 458 g/mol. The maximum atomic E-state index is 7.01. The summed E-state index contributed by atoms with van der Waals surface area (Å²) < 4.78 is 0. The van der Waals surface area contributed by atoms with Gasteiger partial charge in [0.1, 0.15) is 0 Å². The van der Waals surface area contributed by atoms with Gasteiger partial charge in [0.05, 0.1) is 13.1 Å². The predicted octanol–water partition coefficient (Wildman–Crippen LogP) is 9.65. The minimum Gasteiger partial charge on any atom is -0.238 e. The first-order valence-corrected chi connectivity index (χ1v) is 9.47. The zero-order valence-electron chi connectivity index (χ0n) is 16.5. The molecule has 0 bridgehead atoms. The molecular formula is C22H26Cl4N2. The van der Waals surface area contributed by atoms with Crippen molar-refractivity contribution in [3.05, 3.63) is 80.4 Å². The normalized spacial score (nSPS) is 11.3. The van der Waals surface area contributed by atoms with E-state index in [0.29, 0.717) is 21.9 Å². The highest BCUT2D eigenvalue weighted by molar-refractivity contribution is 6.31. The van der Waals surface area contributed by atoms with Crippen molar-refractivity contribution in [1.29, 1.82) is 0 Å². The second kappa shape index (κ2) is 14.6. The van der Waals surface area contributed by atoms with Crippen LogP contribution in [0, 0.1) is 13.1 Å². The summed E-state index contributed by atoms with van der Waals surface area (Å²) in [6.07, 6.45) is 2.06. The number of benzene rings is 2. The van der Waals surface area contributed by atoms with Crippen LogP contribution in [0.3, 0.4) is 0 Å². The van der Waals surface area contributed by atoms with Crippen molar-refractivity contribution < 1.29 is 0 Å². The van der Waals surface area contributed by atoms with Crippen LogP contribution in [0.2, 0.25) is 10.0 Å². The molecule has 0 amide bonds. The van der Waals surface area contributed by atoms with Gasteiger partial charge in [-0.05, 0) is 23.0 Å². The Balaban J connectivity index is 0. The van der Waals surface area contributed by atoms with Crippen LogP contribution in [-0.2, 0) is 0 Å². The molecule has 0 saturated carbocycles. The van der Waals surface area contributed by atoms with E-state index in [1.165, 1.54) is 0 Å². The highest BCUT2D eigenvalue weighted by atomic mass is 35.5. The Morgan fingerprint density at radius 2 is 1.07 bits per heavy atom. The fraction of sp³-hybridized carbons (Fsp3) is 0.364. The molecule has 0 spiro atoms. The van der Waals surface area contributed by atoms with Gasteiger partial charge in [0.25, 0.3) is 0 Å². The van der Waals surface area contributed by atoms with Crippen molar-refractivity contribution in [2.24, 2.45) is 0 Å². The Bertz CT molecular complexity index is 753. The summed E-state index contributed by atoms with van der Waals surface area (Å²) in [4.78, 5) is 6.94. The van der Waals surface area contributed by atoms with E-state index in [1.54, 1.807) is 24.3 Å². The minimum atomic E-state index is 0. The van der Waals surface area contributed by atoms with Gasteiger partial charge in [-0.3, -0.25) is 0 Å². The lowest BCUT2D eigenvalue weighted by Gasteiger charge is -2.11. The van der Waals surface area contributed by atoms with Crippen molar-refractivity contribution >= 4 is 59.4 Å². The second-order valence-corrected chi connectivity index (χ2v) is 7.12. The average molecular weight is 460 g/mol. The summed E-state index contributed by atoms with van der Waals surface area (Å²) in [7, 11) is 0. The highest BCUT2D eigenvalue weighted by Crippen LogP contribution is 2.32. The number of halogens is 4. The zero-order valence-corrected chi connectivity index (χ0v) is 19.6. The summed E-state index contributed by atoms with van der Waals surface area (Å²) in [5.74, 6) is 0.811. The number of rotatable bonds is 4. The molecule has 6 heteroatoms.